The van der Waals surface area contributed by atoms with Crippen LogP contribution in [0.4, 0.5) is 0 Å². The third kappa shape index (κ3) is 5.97. The Labute approximate surface area is 290 Å². The van der Waals surface area contributed by atoms with Gasteiger partial charge in [-0.2, -0.15) is 0 Å². The van der Waals surface area contributed by atoms with Gasteiger partial charge in [0.25, 0.3) is 0 Å². The summed E-state index contributed by atoms with van der Waals surface area (Å²) in [5.41, 5.74) is 9.67. The van der Waals surface area contributed by atoms with Gasteiger partial charge >= 0.3 is 273 Å². The van der Waals surface area contributed by atoms with E-state index < -0.39 is 26.5 Å². The number of hydrogen-bond donors (Lipinski definition) is 0. The number of nitrogens with zero attached hydrogens (tertiary/aromatic N) is 2. The maximum Gasteiger partial charge on any atom is 0 e. The van der Waals surface area contributed by atoms with E-state index in [4.69, 9.17) is 4.42 Å². The van der Waals surface area contributed by atoms with Crippen molar-refractivity contribution in [1.82, 2.24) is 9.97 Å². The van der Waals surface area contributed by atoms with Gasteiger partial charge in [-0.05, 0) is 0 Å². The number of aryl methyl sites for hydroxylation is 1. The van der Waals surface area contributed by atoms with Gasteiger partial charge in [-0.1, -0.05) is 0 Å². The van der Waals surface area contributed by atoms with Crippen LogP contribution in [0.25, 0.3) is 55.6 Å². The monoisotopic (exact) mass is 901 g/mol. The van der Waals surface area contributed by atoms with Crippen molar-refractivity contribution in [3.05, 3.63) is 127 Å². The molecule has 0 fully saturated rings. The van der Waals surface area contributed by atoms with Crippen molar-refractivity contribution in [3.8, 4) is 33.6 Å². The molecule has 0 unspecified atom stereocenters. The predicted octanol–water partition coefficient (Wildman–Crippen LogP) is 8.65. The third-order valence-corrected chi connectivity index (χ3v) is 20.6. The molecule has 1 radical (unpaired) electrons. The van der Waals surface area contributed by atoms with E-state index in [0.29, 0.717) is 0 Å². The van der Waals surface area contributed by atoms with Crippen molar-refractivity contribution in [3.63, 3.8) is 0 Å². The molecular weight excluding hydrogens is 862 g/mol. The molecule has 0 saturated carbocycles. The Morgan fingerprint density at radius 3 is 2.24 bits per heavy atom. The van der Waals surface area contributed by atoms with Crippen LogP contribution >= 0.6 is 0 Å². The minimum Gasteiger partial charge on any atom is 0 e. The van der Waals surface area contributed by atoms with Crippen molar-refractivity contribution in [1.29, 1.82) is 0 Å². The van der Waals surface area contributed by atoms with E-state index in [9.17, 15) is 0 Å². The molecule has 0 saturated heterocycles. The van der Waals surface area contributed by atoms with E-state index in [2.05, 4.69) is 118 Å². The van der Waals surface area contributed by atoms with Crippen LogP contribution in [-0.4, -0.2) is 36.5 Å². The number of pyridine rings is 2. The fraction of sp³-hybridized carbons (Fsp3) is 0.150. The van der Waals surface area contributed by atoms with Crippen molar-refractivity contribution < 1.29 is 24.5 Å². The van der Waals surface area contributed by atoms with Crippen molar-refractivity contribution in [2.75, 3.05) is 0 Å². The molecule has 4 aromatic carbocycles. The van der Waals surface area contributed by atoms with Crippen LogP contribution in [0, 0.1) is 19.1 Å². The second-order valence-corrected chi connectivity index (χ2v) is 33.2. The van der Waals surface area contributed by atoms with Gasteiger partial charge in [0.1, 0.15) is 0 Å². The van der Waals surface area contributed by atoms with Gasteiger partial charge < -0.3 is 0 Å². The van der Waals surface area contributed by atoms with E-state index in [1.807, 2.05) is 48.8 Å². The van der Waals surface area contributed by atoms with Gasteiger partial charge in [0.2, 0.25) is 0 Å². The zero-order valence-corrected chi connectivity index (χ0v) is 33.6. The molecule has 1 aliphatic heterocycles. The van der Waals surface area contributed by atoms with E-state index >= 15 is 0 Å². The number of rotatable bonds is 3. The minimum absolute atomic E-state index is 0. The molecular formula is C40H36Ge2IrN2O-2. The number of benzene rings is 4. The molecule has 0 atom stereocenters. The number of hydrogen-bond acceptors (Lipinski definition) is 3. The predicted molar refractivity (Wildman–Crippen MR) is 194 cm³/mol. The molecule has 1 aliphatic rings. The molecule has 3 nitrogen and oxygen atoms in total. The first-order chi connectivity index (χ1) is 21.6. The Kier molecular flexibility index (Phi) is 9.03. The van der Waals surface area contributed by atoms with Gasteiger partial charge in [0, 0.05) is 20.1 Å². The third-order valence-electron chi connectivity index (χ3n) is 8.92. The Balaban J connectivity index is 0.000000187. The fourth-order valence-corrected chi connectivity index (χ4v) is 15.0. The molecule has 6 heteroatoms. The van der Waals surface area contributed by atoms with Gasteiger partial charge in [-0.15, -0.1) is 0 Å². The van der Waals surface area contributed by atoms with Crippen LogP contribution in [0.5, 0.6) is 0 Å². The summed E-state index contributed by atoms with van der Waals surface area (Å²) in [5.74, 6) is 12.1. The smallest absolute Gasteiger partial charge is 0 e. The van der Waals surface area contributed by atoms with Crippen LogP contribution in [0.2, 0.25) is 28.8 Å². The first kappa shape index (κ1) is 32.6. The van der Waals surface area contributed by atoms with Gasteiger partial charge in [-0.25, -0.2) is 0 Å². The molecule has 7 aromatic rings. The molecule has 0 aliphatic carbocycles. The number of aromatic nitrogens is 2. The quantitative estimate of drug-likeness (QED) is 0.132. The molecule has 0 N–H and O–H groups in total. The van der Waals surface area contributed by atoms with Gasteiger partial charge in [-0.3, -0.25) is 0 Å². The molecule has 8 rings (SSSR count). The molecule has 46 heavy (non-hydrogen) atoms. The summed E-state index contributed by atoms with van der Waals surface area (Å²) in [7, 11) is 0. The second kappa shape index (κ2) is 12.7. The summed E-state index contributed by atoms with van der Waals surface area (Å²) >= 11 is -4.01. The largest absolute Gasteiger partial charge is 0 e. The Morgan fingerprint density at radius 1 is 0.717 bits per heavy atom. The zero-order chi connectivity index (χ0) is 31.3. The van der Waals surface area contributed by atoms with Crippen LogP contribution in [-0.2, 0) is 20.1 Å². The Bertz CT molecular complexity index is 2180. The summed E-state index contributed by atoms with van der Waals surface area (Å²) in [6, 6.07) is 40.6. The van der Waals surface area contributed by atoms with Crippen molar-refractivity contribution in [2.24, 2.45) is 0 Å². The Hall–Kier alpha value is -3.28. The molecule has 3 aromatic heterocycles. The maximum absolute atomic E-state index is 6.44. The van der Waals surface area contributed by atoms with Gasteiger partial charge in [0.05, 0.1) is 0 Å². The van der Waals surface area contributed by atoms with Crippen LogP contribution in [0.15, 0.2) is 114 Å². The summed E-state index contributed by atoms with van der Waals surface area (Å²) in [4.78, 5) is 9.09. The molecule has 231 valence electrons. The van der Waals surface area contributed by atoms with E-state index in [0.717, 1.165) is 39.1 Å². The fourth-order valence-electron chi connectivity index (χ4n) is 6.35. The SMILES string of the molecule is Cc1ccnc(-c2[c-]ccc3c2oc2cc4[c](cc23)[Ge]([CH3])([CH3])[c]2ccccc2-4)c1.[CH3][Ge]([CH3])([CH3])[c]1ccc(-c2[c-]cccc2)nc1.[Ir]. The molecule has 0 spiro atoms. The van der Waals surface area contributed by atoms with E-state index in [-0.39, 0.29) is 20.1 Å². The summed E-state index contributed by atoms with van der Waals surface area (Å²) in [6.45, 7) is 2.08. The standard InChI is InChI=1S/C26H20GeNO.C14H16GeN.Ir/c1-16-11-12-28-24(13-16)19-9-6-8-18-21-14-23-20(15-25(21)29-26(18)19)17-7-4-5-10-22(17)27(23,2)3;1-15(2,3)13-9-10-14(16-11-13)12-7-5-4-6-8-12;/h4-8,10-15H,1-3H3;4-7,9-11H,1-3H3;/q2*-1;. The molecule has 0 amide bonds. The summed E-state index contributed by atoms with van der Waals surface area (Å²) < 4.78 is 11.0. The average Bonchev–Trinajstić information content (AvgIpc) is 3.52. The van der Waals surface area contributed by atoms with Crippen molar-refractivity contribution >= 4 is 61.7 Å². The number of furan rings is 1. The van der Waals surface area contributed by atoms with Crippen molar-refractivity contribution in [2.45, 2.75) is 35.7 Å². The Morgan fingerprint density at radius 2 is 1.52 bits per heavy atom. The van der Waals surface area contributed by atoms with Crippen LogP contribution in [0.3, 0.4) is 0 Å². The van der Waals surface area contributed by atoms with Crippen LogP contribution in [0.1, 0.15) is 5.56 Å². The van der Waals surface area contributed by atoms with E-state index in [1.54, 1.807) is 8.79 Å². The number of fused-ring (bicyclic) bond motifs is 6. The first-order valence-corrected chi connectivity index (χ1v) is 29.1. The van der Waals surface area contributed by atoms with Crippen LogP contribution < -0.4 is 13.2 Å². The average molecular weight is 898 g/mol. The topological polar surface area (TPSA) is 38.9 Å². The molecule has 4 heterocycles. The first-order valence-electron chi connectivity index (χ1n) is 15.5. The minimum atomic E-state index is -2.30. The summed E-state index contributed by atoms with van der Waals surface area (Å²) in [5, 5.41) is 2.35. The van der Waals surface area contributed by atoms with Gasteiger partial charge in [0.15, 0.2) is 0 Å². The maximum atomic E-state index is 6.44. The normalized spacial score (nSPS) is 13.0. The van der Waals surface area contributed by atoms with E-state index in [1.165, 1.54) is 26.5 Å². The molecule has 0 bridgehead atoms. The summed E-state index contributed by atoms with van der Waals surface area (Å²) in [6.07, 6.45) is 3.89. The zero-order valence-electron chi connectivity index (χ0n) is 27.0. The second-order valence-electron chi connectivity index (χ2n) is 13.4.